The monoisotopic (exact) mass is 460 g/mol. The minimum atomic E-state index is -3.90. The lowest BCUT2D eigenvalue weighted by Gasteiger charge is -2.28. The van der Waals surface area contributed by atoms with E-state index in [1.165, 1.54) is 12.1 Å². The molecule has 8 heteroatoms. The first-order chi connectivity index (χ1) is 14.9. The number of fused-ring (bicyclic) bond motifs is 1. The highest BCUT2D eigenvalue weighted by Gasteiger charge is 2.27. The van der Waals surface area contributed by atoms with E-state index in [1.807, 2.05) is 25.1 Å². The molecule has 0 N–H and O–H groups in total. The van der Waals surface area contributed by atoms with Crippen LogP contribution in [-0.2, 0) is 14.3 Å². The molecule has 0 bridgehead atoms. The predicted molar refractivity (Wildman–Crippen MR) is 118 cm³/mol. The third-order valence-corrected chi connectivity index (χ3v) is 6.48. The van der Waals surface area contributed by atoms with Gasteiger partial charge in [0.05, 0.1) is 17.0 Å². The third-order valence-electron chi connectivity index (χ3n) is 4.87. The second kappa shape index (κ2) is 8.78. The van der Waals surface area contributed by atoms with Crippen LogP contribution >= 0.6 is 11.6 Å². The summed E-state index contributed by atoms with van der Waals surface area (Å²) in [4.78, 5) is 0.0981. The van der Waals surface area contributed by atoms with Crippen LogP contribution in [0.3, 0.4) is 0 Å². The number of ether oxygens (including phenoxy) is 3. The molecule has 0 amide bonds. The van der Waals surface area contributed by atoms with Gasteiger partial charge in [-0.05, 0) is 43.3 Å². The molecular weight excluding hydrogens is 440 g/mol. The average Bonchev–Trinajstić information content (AvgIpc) is 2.77. The molecule has 0 saturated carbocycles. The zero-order valence-electron chi connectivity index (χ0n) is 17.0. The summed E-state index contributed by atoms with van der Waals surface area (Å²) in [7, 11) is -2.33. The van der Waals surface area contributed by atoms with Crippen molar-refractivity contribution in [3.8, 4) is 28.4 Å². The highest BCUT2D eigenvalue weighted by atomic mass is 35.5. The number of rotatable bonds is 6. The fraction of sp³-hybridized carbons (Fsp3) is 0.217. The summed E-state index contributed by atoms with van der Waals surface area (Å²) in [6, 6.07) is 17.3. The Hall–Kier alpha value is -2.74. The van der Waals surface area contributed by atoms with Crippen molar-refractivity contribution in [2.75, 3.05) is 20.3 Å². The summed E-state index contributed by atoms with van der Waals surface area (Å²) in [5.41, 5.74) is 2.44. The summed E-state index contributed by atoms with van der Waals surface area (Å²) in [6.07, 6.45) is -0.606. The number of halogens is 1. The smallest absolute Gasteiger partial charge is 0.297 e. The minimum Gasteiger partial charge on any atom is -0.497 e. The number of aryl methyl sites for hydroxylation is 1. The van der Waals surface area contributed by atoms with E-state index in [-0.39, 0.29) is 18.1 Å². The highest BCUT2D eigenvalue weighted by Crippen LogP contribution is 2.43. The molecule has 0 radical (unpaired) electrons. The molecule has 0 spiro atoms. The molecule has 4 rings (SSSR count). The van der Waals surface area contributed by atoms with E-state index in [2.05, 4.69) is 0 Å². The number of hydrogen-bond acceptors (Lipinski definition) is 6. The molecule has 0 aromatic heterocycles. The van der Waals surface area contributed by atoms with E-state index in [1.54, 1.807) is 37.4 Å². The molecule has 0 unspecified atom stereocenters. The van der Waals surface area contributed by atoms with E-state index in [9.17, 15) is 8.42 Å². The van der Waals surface area contributed by atoms with E-state index < -0.39 is 16.2 Å². The first kappa shape index (κ1) is 21.5. The number of hydrogen-bond donors (Lipinski definition) is 0. The summed E-state index contributed by atoms with van der Waals surface area (Å²) < 4.78 is 47.3. The van der Waals surface area contributed by atoms with Gasteiger partial charge < -0.3 is 14.2 Å². The fourth-order valence-corrected chi connectivity index (χ4v) is 4.42. The lowest BCUT2D eigenvalue weighted by Crippen LogP contribution is -2.34. The van der Waals surface area contributed by atoms with Gasteiger partial charge in [0.15, 0.2) is 17.6 Å². The van der Waals surface area contributed by atoms with Crippen molar-refractivity contribution in [3.05, 3.63) is 71.2 Å². The Morgan fingerprint density at radius 3 is 2.55 bits per heavy atom. The van der Waals surface area contributed by atoms with Crippen molar-refractivity contribution >= 4 is 21.7 Å². The maximum absolute atomic E-state index is 12.5. The van der Waals surface area contributed by atoms with Gasteiger partial charge in [0.2, 0.25) is 0 Å². The number of methoxy groups -OCH3 is 1. The standard InChI is InChI=1S/C23H21ClO6S/c1-15-6-9-18(10-7-15)31(25,26)29-14-17-13-28-22-5-3-4-20(23(22)30-17)19-11-8-16(27-2)12-21(19)24/h3-12,17H,13-14H2,1-2H3/t17-/m1/s1. The number of benzene rings is 3. The number of para-hydroxylation sites is 1. The maximum Gasteiger partial charge on any atom is 0.297 e. The van der Waals surface area contributed by atoms with Crippen LogP contribution in [0.25, 0.3) is 11.1 Å². The van der Waals surface area contributed by atoms with Crippen molar-refractivity contribution in [2.24, 2.45) is 0 Å². The summed E-state index contributed by atoms with van der Waals surface area (Å²) in [5, 5.41) is 0.497. The van der Waals surface area contributed by atoms with Gasteiger partial charge in [0, 0.05) is 11.1 Å². The molecule has 1 aliphatic heterocycles. The van der Waals surface area contributed by atoms with Crippen LogP contribution in [0.15, 0.2) is 65.6 Å². The van der Waals surface area contributed by atoms with E-state index in [4.69, 9.17) is 30.0 Å². The Bertz CT molecular complexity index is 1190. The van der Waals surface area contributed by atoms with Gasteiger partial charge in [0.1, 0.15) is 19.0 Å². The molecule has 31 heavy (non-hydrogen) atoms. The Morgan fingerprint density at radius 1 is 1.06 bits per heavy atom. The van der Waals surface area contributed by atoms with Crippen LogP contribution in [0, 0.1) is 6.92 Å². The Labute approximate surface area is 186 Å². The SMILES string of the molecule is COc1ccc(-c2cccc3c2O[C@@H](COS(=O)(=O)c2ccc(C)cc2)CO3)c(Cl)c1. The predicted octanol–water partition coefficient (Wildman–Crippen LogP) is 4.87. The fourth-order valence-electron chi connectivity index (χ4n) is 3.21. The molecule has 0 aliphatic carbocycles. The van der Waals surface area contributed by atoms with Crippen LogP contribution in [0.4, 0.5) is 0 Å². The molecule has 1 atom stereocenters. The van der Waals surface area contributed by atoms with Crippen molar-refractivity contribution in [2.45, 2.75) is 17.9 Å². The summed E-state index contributed by atoms with van der Waals surface area (Å²) >= 11 is 6.44. The highest BCUT2D eigenvalue weighted by molar-refractivity contribution is 7.86. The normalized spacial score (nSPS) is 15.5. The first-order valence-electron chi connectivity index (χ1n) is 9.60. The molecule has 6 nitrogen and oxygen atoms in total. The average molecular weight is 461 g/mol. The molecule has 0 saturated heterocycles. The zero-order chi connectivity index (χ0) is 22.0. The van der Waals surface area contributed by atoms with E-state index in [0.717, 1.165) is 16.7 Å². The summed E-state index contributed by atoms with van der Waals surface area (Å²) in [5.74, 6) is 1.69. The second-order valence-corrected chi connectivity index (χ2v) is 9.10. The Balaban J connectivity index is 1.54. The Kier molecular flexibility index (Phi) is 6.09. The minimum absolute atomic E-state index is 0.0981. The third kappa shape index (κ3) is 4.63. The van der Waals surface area contributed by atoms with E-state index in [0.29, 0.717) is 22.3 Å². The largest absolute Gasteiger partial charge is 0.497 e. The van der Waals surface area contributed by atoms with Crippen molar-refractivity contribution in [1.82, 2.24) is 0 Å². The van der Waals surface area contributed by atoms with Crippen molar-refractivity contribution in [1.29, 1.82) is 0 Å². The molecule has 3 aromatic rings. The van der Waals surface area contributed by atoms with Crippen molar-refractivity contribution < 1.29 is 26.8 Å². The topological polar surface area (TPSA) is 71.1 Å². The first-order valence-corrected chi connectivity index (χ1v) is 11.4. The molecule has 3 aromatic carbocycles. The molecule has 162 valence electrons. The van der Waals surface area contributed by atoms with Crippen LogP contribution in [0.1, 0.15) is 5.56 Å². The van der Waals surface area contributed by atoms with Crippen LogP contribution in [0.2, 0.25) is 5.02 Å². The molecule has 1 heterocycles. The molecular formula is C23H21ClO6S. The van der Waals surface area contributed by atoms with Gasteiger partial charge in [-0.3, -0.25) is 4.18 Å². The Morgan fingerprint density at radius 2 is 1.84 bits per heavy atom. The maximum atomic E-state index is 12.5. The van der Waals surface area contributed by atoms with Gasteiger partial charge in [-0.2, -0.15) is 8.42 Å². The van der Waals surface area contributed by atoms with Gasteiger partial charge in [-0.1, -0.05) is 41.4 Å². The van der Waals surface area contributed by atoms with Crippen molar-refractivity contribution in [3.63, 3.8) is 0 Å². The lowest BCUT2D eigenvalue weighted by atomic mass is 10.0. The van der Waals surface area contributed by atoms with Gasteiger partial charge in [-0.15, -0.1) is 0 Å². The molecule has 1 aliphatic rings. The molecule has 0 fully saturated rings. The second-order valence-electron chi connectivity index (χ2n) is 7.08. The van der Waals surface area contributed by atoms with E-state index >= 15 is 0 Å². The quantitative estimate of drug-likeness (QED) is 0.489. The van der Waals surface area contributed by atoms with Gasteiger partial charge >= 0.3 is 0 Å². The van der Waals surface area contributed by atoms with Gasteiger partial charge in [0.25, 0.3) is 10.1 Å². The van der Waals surface area contributed by atoms with Crippen LogP contribution in [-0.4, -0.2) is 34.8 Å². The summed E-state index contributed by atoms with van der Waals surface area (Å²) in [6.45, 7) is 1.87. The van der Waals surface area contributed by atoms with Crippen LogP contribution in [0.5, 0.6) is 17.2 Å². The van der Waals surface area contributed by atoms with Crippen LogP contribution < -0.4 is 14.2 Å². The lowest BCUT2D eigenvalue weighted by molar-refractivity contribution is 0.0561. The van der Waals surface area contributed by atoms with Gasteiger partial charge in [-0.25, -0.2) is 0 Å². The zero-order valence-corrected chi connectivity index (χ0v) is 18.6.